The molecule has 2 nitrogen and oxygen atoms in total. The first-order valence-electron chi connectivity index (χ1n) is 4.99. The Morgan fingerprint density at radius 2 is 2.15 bits per heavy atom. The summed E-state index contributed by atoms with van der Waals surface area (Å²) < 4.78 is 1.09. The fourth-order valence-electron chi connectivity index (χ4n) is 1.53. The van der Waals surface area contributed by atoms with Crippen molar-refractivity contribution in [2.45, 2.75) is 19.8 Å². The molecule has 1 rings (SSSR count). The molecule has 1 aliphatic heterocycles. The maximum atomic E-state index is 3.31. The van der Waals surface area contributed by atoms with E-state index in [2.05, 4.69) is 52.0 Å². The van der Waals surface area contributed by atoms with Crippen LogP contribution in [0.3, 0.4) is 0 Å². The minimum atomic E-state index is 0.932. The predicted molar refractivity (Wildman–Crippen MR) is 66.0 cm³/mol. The van der Waals surface area contributed by atoms with E-state index in [1.54, 1.807) is 0 Å². The van der Waals surface area contributed by atoms with Gasteiger partial charge in [-0.15, -0.1) is 0 Å². The summed E-state index contributed by atoms with van der Waals surface area (Å²) in [6.07, 6.45) is 6.92. The van der Waals surface area contributed by atoms with Crippen LogP contribution in [-0.2, 0) is 0 Å². The van der Waals surface area contributed by atoms with E-state index in [9.17, 15) is 0 Å². The number of piperidine rings is 1. The SMILES string of the molecule is CC1CCN(CN/C=C/CI)CC1. The van der Waals surface area contributed by atoms with Gasteiger partial charge in [0.2, 0.25) is 0 Å². The van der Waals surface area contributed by atoms with Crippen molar-refractivity contribution in [2.75, 3.05) is 24.2 Å². The number of likely N-dealkylation sites (tertiary alicyclic amines) is 1. The van der Waals surface area contributed by atoms with Crippen molar-refractivity contribution in [1.82, 2.24) is 10.2 Å². The van der Waals surface area contributed by atoms with E-state index < -0.39 is 0 Å². The smallest absolute Gasteiger partial charge is 0.0673 e. The normalized spacial score (nSPS) is 21.1. The van der Waals surface area contributed by atoms with Gasteiger partial charge in [-0.3, -0.25) is 4.90 Å². The van der Waals surface area contributed by atoms with E-state index >= 15 is 0 Å². The van der Waals surface area contributed by atoms with Gasteiger partial charge in [-0.05, 0) is 25.0 Å². The van der Waals surface area contributed by atoms with Crippen LogP contribution in [0.25, 0.3) is 0 Å². The zero-order valence-corrected chi connectivity index (χ0v) is 10.5. The van der Waals surface area contributed by atoms with Crippen LogP contribution in [0.5, 0.6) is 0 Å². The lowest BCUT2D eigenvalue weighted by Crippen LogP contribution is -2.38. The molecule has 1 fully saturated rings. The second-order valence-corrected chi connectivity index (χ2v) is 4.60. The Hall–Kier alpha value is 0.230. The summed E-state index contributed by atoms with van der Waals surface area (Å²) in [5.41, 5.74) is 0. The van der Waals surface area contributed by atoms with Crippen molar-refractivity contribution in [2.24, 2.45) is 5.92 Å². The third-order valence-corrected chi connectivity index (χ3v) is 3.02. The van der Waals surface area contributed by atoms with Gasteiger partial charge in [-0.1, -0.05) is 35.6 Å². The molecule has 0 atom stereocenters. The molecular weight excluding hydrogens is 275 g/mol. The van der Waals surface area contributed by atoms with Gasteiger partial charge in [0.05, 0.1) is 6.67 Å². The summed E-state index contributed by atoms with van der Waals surface area (Å²) in [4.78, 5) is 2.48. The molecule has 3 heteroatoms. The number of rotatable bonds is 4. The van der Waals surface area contributed by atoms with Crippen LogP contribution in [-0.4, -0.2) is 29.1 Å². The molecule has 0 aliphatic carbocycles. The molecule has 0 saturated carbocycles. The van der Waals surface area contributed by atoms with Crippen LogP contribution in [0.15, 0.2) is 12.3 Å². The van der Waals surface area contributed by atoms with E-state index in [0.717, 1.165) is 17.0 Å². The van der Waals surface area contributed by atoms with Crippen LogP contribution in [0.2, 0.25) is 0 Å². The first-order valence-corrected chi connectivity index (χ1v) is 6.52. The number of hydrogen-bond acceptors (Lipinski definition) is 2. The molecule has 1 N–H and O–H groups in total. The summed E-state index contributed by atoms with van der Waals surface area (Å²) in [6, 6.07) is 0. The average Bonchev–Trinajstić information content (AvgIpc) is 2.15. The monoisotopic (exact) mass is 294 g/mol. The lowest BCUT2D eigenvalue weighted by molar-refractivity contribution is 0.187. The molecule has 1 aliphatic rings. The van der Waals surface area contributed by atoms with Gasteiger partial charge in [0.15, 0.2) is 0 Å². The summed E-state index contributed by atoms with van der Waals surface area (Å²) in [7, 11) is 0. The van der Waals surface area contributed by atoms with Crippen molar-refractivity contribution < 1.29 is 0 Å². The van der Waals surface area contributed by atoms with E-state index in [1.165, 1.54) is 25.9 Å². The number of halogens is 1. The van der Waals surface area contributed by atoms with E-state index in [4.69, 9.17) is 0 Å². The number of alkyl halides is 1. The largest absolute Gasteiger partial charge is 0.378 e. The molecule has 0 unspecified atom stereocenters. The zero-order valence-electron chi connectivity index (χ0n) is 8.30. The molecule has 0 aromatic carbocycles. The minimum Gasteiger partial charge on any atom is -0.378 e. The van der Waals surface area contributed by atoms with Crippen LogP contribution < -0.4 is 5.32 Å². The minimum absolute atomic E-state index is 0.932. The van der Waals surface area contributed by atoms with Crippen molar-refractivity contribution in [3.63, 3.8) is 0 Å². The fourth-order valence-corrected chi connectivity index (χ4v) is 1.78. The van der Waals surface area contributed by atoms with Crippen LogP contribution >= 0.6 is 22.6 Å². The number of nitrogens with one attached hydrogen (secondary N) is 1. The van der Waals surface area contributed by atoms with Gasteiger partial charge in [-0.2, -0.15) is 0 Å². The molecule has 0 radical (unpaired) electrons. The lowest BCUT2D eigenvalue weighted by atomic mass is 10.00. The highest BCUT2D eigenvalue weighted by Gasteiger charge is 2.14. The quantitative estimate of drug-likeness (QED) is 0.632. The molecule has 1 saturated heterocycles. The van der Waals surface area contributed by atoms with Crippen molar-refractivity contribution >= 4 is 22.6 Å². The van der Waals surface area contributed by atoms with Crippen molar-refractivity contribution in [3.8, 4) is 0 Å². The van der Waals surface area contributed by atoms with Crippen molar-refractivity contribution in [3.05, 3.63) is 12.3 Å². The van der Waals surface area contributed by atoms with Crippen LogP contribution in [0.4, 0.5) is 0 Å². The highest BCUT2D eigenvalue weighted by Crippen LogP contribution is 2.14. The van der Waals surface area contributed by atoms with E-state index in [1.807, 2.05) is 0 Å². The number of hydrogen-bond donors (Lipinski definition) is 1. The molecule has 0 amide bonds. The number of nitrogens with zero attached hydrogens (tertiary/aromatic N) is 1. The van der Waals surface area contributed by atoms with Gasteiger partial charge >= 0.3 is 0 Å². The first-order chi connectivity index (χ1) is 6.33. The molecule has 0 bridgehead atoms. The highest BCUT2D eigenvalue weighted by molar-refractivity contribution is 14.1. The van der Waals surface area contributed by atoms with E-state index in [-0.39, 0.29) is 0 Å². The molecule has 0 spiro atoms. The Bertz CT molecular complexity index is 151. The average molecular weight is 294 g/mol. The van der Waals surface area contributed by atoms with E-state index in [0.29, 0.717) is 0 Å². The summed E-state index contributed by atoms with van der Waals surface area (Å²) in [5, 5.41) is 3.31. The lowest BCUT2D eigenvalue weighted by Gasteiger charge is -2.29. The predicted octanol–water partition coefficient (Wildman–Crippen LogP) is 2.21. The topological polar surface area (TPSA) is 15.3 Å². The van der Waals surface area contributed by atoms with Gasteiger partial charge in [0.25, 0.3) is 0 Å². The molecule has 76 valence electrons. The molecule has 1 heterocycles. The summed E-state index contributed by atoms with van der Waals surface area (Å²) in [6.45, 7) is 5.87. The maximum Gasteiger partial charge on any atom is 0.0673 e. The second kappa shape index (κ2) is 6.65. The maximum absolute atomic E-state index is 3.31. The Kier molecular flexibility index (Phi) is 5.78. The third kappa shape index (κ3) is 4.86. The Morgan fingerprint density at radius 3 is 2.77 bits per heavy atom. The molecule has 13 heavy (non-hydrogen) atoms. The summed E-state index contributed by atoms with van der Waals surface area (Å²) >= 11 is 2.34. The van der Waals surface area contributed by atoms with Crippen LogP contribution in [0, 0.1) is 5.92 Å². The Balaban J connectivity index is 2.05. The zero-order chi connectivity index (χ0) is 9.52. The first kappa shape index (κ1) is 11.3. The van der Waals surface area contributed by atoms with Crippen LogP contribution in [0.1, 0.15) is 19.8 Å². The third-order valence-electron chi connectivity index (χ3n) is 2.52. The summed E-state index contributed by atoms with van der Waals surface area (Å²) in [5.74, 6) is 0.932. The molecule has 0 aromatic heterocycles. The highest BCUT2D eigenvalue weighted by atomic mass is 127. The van der Waals surface area contributed by atoms with Gasteiger partial charge in [0.1, 0.15) is 0 Å². The molecule has 0 aromatic rings. The van der Waals surface area contributed by atoms with Gasteiger partial charge < -0.3 is 5.32 Å². The molecular formula is C10H19IN2. The fraction of sp³-hybridized carbons (Fsp3) is 0.800. The standard InChI is InChI=1S/C10H19IN2/c1-10-3-7-13(8-4-10)9-12-6-2-5-11/h2,6,10,12H,3-5,7-9H2,1H3/b6-2+. The van der Waals surface area contributed by atoms with Gasteiger partial charge in [-0.25, -0.2) is 0 Å². The Labute approximate surface area is 94.9 Å². The van der Waals surface area contributed by atoms with Crippen molar-refractivity contribution in [1.29, 1.82) is 0 Å². The Morgan fingerprint density at radius 1 is 1.46 bits per heavy atom. The second-order valence-electron chi connectivity index (χ2n) is 3.72. The van der Waals surface area contributed by atoms with Gasteiger partial charge in [0, 0.05) is 17.5 Å². The number of allylic oxidation sites excluding steroid dienone is 1.